The zero-order chi connectivity index (χ0) is 40.3. The van der Waals surface area contributed by atoms with Gasteiger partial charge in [-0.2, -0.15) is 0 Å². The van der Waals surface area contributed by atoms with Gasteiger partial charge in [0.25, 0.3) is 0 Å². The number of hydrogen-bond donors (Lipinski definition) is 0. The number of rotatable bonds is 7. The van der Waals surface area contributed by atoms with Crippen molar-refractivity contribution in [1.82, 2.24) is 0 Å². The molecule has 61 heavy (non-hydrogen) atoms. The van der Waals surface area contributed by atoms with Crippen molar-refractivity contribution in [2.45, 2.75) is 0 Å². The van der Waals surface area contributed by atoms with Crippen LogP contribution < -0.4 is 4.90 Å². The highest BCUT2D eigenvalue weighted by Crippen LogP contribution is 2.45. The molecule has 0 atom stereocenters. The SMILES string of the molecule is c1ccc(-c2ccc(N(c3ccc(-c4cccc5c4oc4ccccc45)cc3)c3ccc(-c4ccc5ccccc5c4)c(-c4cccc5c4oc4ccccc45)c3)cc2)cc1. The van der Waals surface area contributed by atoms with Crippen LogP contribution in [0.25, 0.3) is 99.2 Å². The van der Waals surface area contributed by atoms with E-state index in [0.29, 0.717) is 0 Å². The Hall–Kier alpha value is -8.14. The Bertz CT molecular complexity index is 3580. The van der Waals surface area contributed by atoms with Gasteiger partial charge < -0.3 is 13.7 Å². The number of anilines is 3. The molecule has 0 fully saturated rings. The minimum absolute atomic E-state index is 0.880. The number of hydrogen-bond acceptors (Lipinski definition) is 3. The van der Waals surface area contributed by atoms with E-state index in [1.54, 1.807) is 0 Å². The van der Waals surface area contributed by atoms with Gasteiger partial charge in [-0.25, -0.2) is 0 Å². The lowest BCUT2D eigenvalue weighted by Gasteiger charge is -2.27. The zero-order valence-electron chi connectivity index (χ0n) is 33.1. The van der Waals surface area contributed by atoms with E-state index in [1.165, 1.54) is 21.9 Å². The first-order valence-corrected chi connectivity index (χ1v) is 20.7. The van der Waals surface area contributed by atoms with Gasteiger partial charge in [0.1, 0.15) is 22.3 Å². The highest BCUT2D eigenvalue weighted by Gasteiger charge is 2.21. The topological polar surface area (TPSA) is 29.5 Å². The second-order valence-electron chi connectivity index (χ2n) is 15.6. The Kier molecular flexibility index (Phi) is 8.17. The standard InChI is InChI=1S/C58H37NO2/c1-2-12-38(13-3-1)40-26-30-44(31-27-40)59(45-32-28-41(29-33-45)48-18-10-19-51-49-16-6-8-22-55(49)60-57(48)51)46-34-35-47(43-25-24-39-14-4-5-15-42(39)36-43)54(37-46)53-21-11-20-52-50-17-7-9-23-56(50)61-58(52)53/h1-37H. The molecule has 10 aromatic carbocycles. The average Bonchev–Trinajstić information content (AvgIpc) is 3.91. The van der Waals surface area contributed by atoms with Crippen molar-refractivity contribution in [3.63, 3.8) is 0 Å². The largest absolute Gasteiger partial charge is 0.455 e. The molecule has 3 nitrogen and oxygen atoms in total. The molecule has 0 aliphatic rings. The lowest BCUT2D eigenvalue weighted by Crippen LogP contribution is -2.10. The Morgan fingerprint density at radius 3 is 1.46 bits per heavy atom. The summed E-state index contributed by atoms with van der Waals surface area (Å²) < 4.78 is 13.2. The summed E-state index contributed by atoms with van der Waals surface area (Å²) in [4.78, 5) is 2.35. The van der Waals surface area contributed by atoms with Gasteiger partial charge in [0.2, 0.25) is 0 Å². The molecule has 3 heteroatoms. The first-order chi connectivity index (χ1) is 30.2. The fourth-order valence-corrected chi connectivity index (χ4v) is 9.11. The number of para-hydroxylation sites is 4. The van der Waals surface area contributed by atoms with E-state index in [4.69, 9.17) is 8.83 Å². The Morgan fingerprint density at radius 2 is 0.770 bits per heavy atom. The van der Waals surface area contributed by atoms with Gasteiger partial charge in [-0.05, 0) is 98.8 Å². The van der Waals surface area contributed by atoms with Gasteiger partial charge in [0, 0.05) is 49.7 Å². The Morgan fingerprint density at radius 1 is 0.262 bits per heavy atom. The summed E-state index contributed by atoms with van der Waals surface area (Å²) in [6.07, 6.45) is 0. The minimum atomic E-state index is 0.880. The summed E-state index contributed by atoms with van der Waals surface area (Å²) in [6, 6.07) is 80.0. The molecule has 0 saturated heterocycles. The molecule has 0 amide bonds. The molecule has 286 valence electrons. The van der Waals surface area contributed by atoms with Crippen molar-refractivity contribution in [1.29, 1.82) is 0 Å². The van der Waals surface area contributed by atoms with E-state index < -0.39 is 0 Å². The van der Waals surface area contributed by atoms with Crippen LogP contribution >= 0.6 is 0 Å². The molecule has 0 aliphatic carbocycles. The molecule has 2 aromatic heterocycles. The molecule has 0 radical (unpaired) electrons. The van der Waals surface area contributed by atoms with Crippen LogP contribution in [0.4, 0.5) is 17.1 Å². The fourth-order valence-electron chi connectivity index (χ4n) is 9.11. The molecule has 0 spiro atoms. The third kappa shape index (κ3) is 5.98. The van der Waals surface area contributed by atoms with Crippen molar-refractivity contribution in [3.05, 3.63) is 224 Å². The molecular formula is C58H37NO2. The molecule has 0 saturated carbocycles. The fraction of sp³-hybridized carbons (Fsp3) is 0. The van der Waals surface area contributed by atoms with Gasteiger partial charge in [0.15, 0.2) is 0 Å². The molecule has 12 rings (SSSR count). The molecule has 0 aliphatic heterocycles. The van der Waals surface area contributed by atoms with Gasteiger partial charge in [0.05, 0.1) is 0 Å². The van der Waals surface area contributed by atoms with Crippen LogP contribution in [0, 0.1) is 0 Å². The van der Waals surface area contributed by atoms with Crippen LogP contribution in [-0.2, 0) is 0 Å². The number of benzene rings is 10. The summed E-state index contributed by atoms with van der Waals surface area (Å²) in [5.74, 6) is 0. The Labute approximate surface area is 353 Å². The van der Waals surface area contributed by atoms with Crippen LogP contribution in [0.2, 0.25) is 0 Å². The van der Waals surface area contributed by atoms with E-state index in [-0.39, 0.29) is 0 Å². The predicted octanol–water partition coefficient (Wildman–Crippen LogP) is 16.8. The zero-order valence-corrected chi connectivity index (χ0v) is 33.1. The number of nitrogens with zero attached hydrogens (tertiary/aromatic N) is 1. The average molecular weight is 780 g/mol. The lowest BCUT2D eigenvalue weighted by atomic mass is 9.91. The van der Waals surface area contributed by atoms with E-state index in [9.17, 15) is 0 Å². The van der Waals surface area contributed by atoms with Crippen molar-refractivity contribution in [2.75, 3.05) is 4.90 Å². The van der Waals surface area contributed by atoms with Gasteiger partial charge >= 0.3 is 0 Å². The van der Waals surface area contributed by atoms with Crippen LogP contribution in [-0.4, -0.2) is 0 Å². The van der Waals surface area contributed by atoms with E-state index in [1.807, 2.05) is 18.2 Å². The van der Waals surface area contributed by atoms with Crippen LogP contribution in [0.1, 0.15) is 0 Å². The van der Waals surface area contributed by atoms with Crippen LogP contribution in [0.5, 0.6) is 0 Å². The Balaban J connectivity index is 1.05. The van der Waals surface area contributed by atoms with Crippen molar-refractivity contribution in [3.8, 4) is 44.5 Å². The lowest BCUT2D eigenvalue weighted by molar-refractivity contribution is 0.669. The van der Waals surface area contributed by atoms with Gasteiger partial charge in [-0.15, -0.1) is 0 Å². The van der Waals surface area contributed by atoms with Crippen LogP contribution in [0.3, 0.4) is 0 Å². The summed E-state index contributed by atoms with van der Waals surface area (Å²) in [5, 5.41) is 6.88. The molecule has 0 N–H and O–H groups in total. The second kappa shape index (κ2) is 14.3. The third-order valence-electron chi connectivity index (χ3n) is 12.1. The first kappa shape index (κ1) is 34.9. The summed E-state index contributed by atoms with van der Waals surface area (Å²) in [5.41, 5.74) is 15.6. The van der Waals surface area contributed by atoms with Crippen molar-refractivity contribution in [2.24, 2.45) is 0 Å². The maximum atomic E-state index is 6.71. The van der Waals surface area contributed by atoms with E-state index in [0.717, 1.165) is 94.3 Å². The summed E-state index contributed by atoms with van der Waals surface area (Å²) in [6.45, 7) is 0. The quantitative estimate of drug-likeness (QED) is 0.161. The van der Waals surface area contributed by atoms with Crippen LogP contribution in [0.15, 0.2) is 233 Å². The van der Waals surface area contributed by atoms with Gasteiger partial charge in [-0.1, -0.05) is 170 Å². The maximum Gasteiger partial charge on any atom is 0.143 e. The number of fused-ring (bicyclic) bond motifs is 7. The molecule has 0 unspecified atom stereocenters. The second-order valence-corrected chi connectivity index (χ2v) is 15.6. The van der Waals surface area contributed by atoms with Crippen molar-refractivity contribution >= 4 is 71.7 Å². The van der Waals surface area contributed by atoms with Gasteiger partial charge in [-0.3, -0.25) is 0 Å². The normalized spacial score (nSPS) is 11.6. The van der Waals surface area contributed by atoms with E-state index >= 15 is 0 Å². The summed E-state index contributed by atoms with van der Waals surface area (Å²) in [7, 11) is 0. The minimum Gasteiger partial charge on any atom is -0.455 e. The third-order valence-corrected chi connectivity index (χ3v) is 12.1. The smallest absolute Gasteiger partial charge is 0.143 e. The van der Waals surface area contributed by atoms with Crippen molar-refractivity contribution < 1.29 is 8.83 Å². The van der Waals surface area contributed by atoms with E-state index in [2.05, 4.69) is 211 Å². The predicted molar refractivity (Wildman–Crippen MR) is 255 cm³/mol. The number of furan rings is 2. The molecular weight excluding hydrogens is 743 g/mol. The summed E-state index contributed by atoms with van der Waals surface area (Å²) >= 11 is 0. The highest BCUT2D eigenvalue weighted by atomic mass is 16.3. The molecule has 0 bridgehead atoms. The molecule has 2 heterocycles. The molecule has 12 aromatic rings. The highest BCUT2D eigenvalue weighted by molar-refractivity contribution is 6.12. The maximum absolute atomic E-state index is 6.71. The monoisotopic (exact) mass is 779 g/mol. The first-order valence-electron chi connectivity index (χ1n) is 20.7.